The van der Waals surface area contributed by atoms with E-state index in [0.717, 1.165) is 28.9 Å². The van der Waals surface area contributed by atoms with Gasteiger partial charge in [-0.3, -0.25) is 14.4 Å². The highest BCUT2D eigenvalue weighted by Gasteiger charge is 2.34. The van der Waals surface area contributed by atoms with Crippen LogP contribution in [0.1, 0.15) is 70.2 Å². The number of Topliss-reactive ketones (excluding diaryl/α,β-unsaturated/α-hetero) is 1. The van der Waals surface area contributed by atoms with Gasteiger partial charge in [0.05, 0.1) is 22.5 Å². The zero-order valence-corrected chi connectivity index (χ0v) is 22.7. The first-order valence-electron chi connectivity index (χ1n) is 13.3. The van der Waals surface area contributed by atoms with E-state index in [4.69, 9.17) is 0 Å². The second-order valence-electron chi connectivity index (χ2n) is 10.8. The molecule has 196 valence electrons. The molecule has 0 fully saturated rings. The zero-order chi connectivity index (χ0) is 27.7. The Morgan fingerprint density at radius 1 is 0.692 bits per heavy atom. The molecule has 2 N–H and O–H groups in total. The van der Waals surface area contributed by atoms with Crippen molar-refractivity contribution >= 4 is 40.1 Å². The molecule has 4 aromatic rings. The Morgan fingerprint density at radius 3 is 1.62 bits per heavy atom. The van der Waals surface area contributed by atoms with Crippen LogP contribution in [0.3, 0.4) is 0 Å². The molecule has 39 heavy (non-hydrogen) atoms. The van der Waals surface area contributed by atoms with Gasteiger partial charge in [-0.1, -0.05) is 74.9 Å². The molecule has 5 nitrogen and oxygen atoms in total. The molecule has 0 heterocycles. The van der Waals surface area contributed by atoms with Crippen LogP contribution in [-0.4, -0.2) is 17.3 Å². The highest BCUT2D eigenvalue weighted by atomic mass is 16.1. The second-order valence-corrected chi connectivity index (χ2v) is 10.8. The molecule has 0 atom stereocenters. The number of rotatable bonds is 8. The van der Waals surface area contributed by atoms with Crippen molar-refractivity contribution in [1.29, 1.82) is 0 Å². The van der Waals surface area contributed by atoms with Gasteiger partial charge in [0.1, 0.15) is 5.78 Å². The lowest BCUT2D eigenvalue weighted by atomic mass is 9.82. The number of aryl methyl sites for hydroxylation is 1. The lowest BCUT2D eigenvalue weighted by Gasteiger charge is -2.24. The van der Waals surface area contributed by atoms with Crippen LogP contribution in [0, 0.1) is 12.3 Å². The van der Waals surface area contributed by atoms with E-state index in [9.17, 15) is 14.4 Å². The Labute approximate surface area is 229 Å². The van der Waals surface area contributed by atoms with Crippen LogP contribution in [0.5, 0.6) is 0 Å². The van der Waals surface area contributed by atoms with Crippen molar-refractivity contribution in [3.8, 4) is 0 Å². The molecular formula is C34H32N2O3. The number of carbonyl (C=O) groups is 3. The van der Waals surface area contributed by atoms with Crippen LogP contribution in [-0.2, 0) is 11.2 Å². The average Bonchev–Trinajstić information content (AvgIpc) is 2.94. The number of benzene rings is 4. The number of fused-ring (bicyclic) bond motifs is 2. The summed E-state index contributed by atoms with van der Waals surface area (Å²) in [5.74, 6) is -0.177. The molecule has 5 heteroatoms. The highest BCUT2D eigenvalue weighted by molar-refractivity contribution is 6.32. The first-order chi connectivity index (χ1) is 18.7. The molecule has 0 amide bonds. The second kappa shape index (κ2) is 10.3. The van der Waals surface area contributed by atoms with Crippen molar-refractivity contribution in [1.82, 2.24) is 0 Å². The van der Waals surface area contributed by atoms with Crippen LogP contribution < -0.4 is 10.6 Å². The summed E-state index contributed by atoms with van der Waals surface area (Å²) in [7, 11) is 0. The molecule has 4 aromatic carbocycles. The maximum absolute atomic E-state index is 13.8. The van der Waals surface area contributed by atoms with Gasteiger partial charge in [-0.2, -0.15) is 0 Å². The van der Waals surface area contributed by atoms with Crippen molar-refractivity contribution in [2.45, 2.75) is 40.5 Å². The molecule has 0 saturated carbocycles. The molecule has 5 rings (SSSR count). The van der Waals surface area contributed by atoms with Gasteiger partial charge in [-0.25, -0.2) is 0 Å². The fraction of sp³-hybridized carbons (Fsp3) is 0.206. The van der Waals surface area contributed by atoms with Crippen LogP contribution in [0.2, 0.25) is 0 Å². The third-order valence-electron chi connectivity index (χ3n) is 7.64. The van der Waals surface area contributed by atoms with E-state index in [-0.39, 0.29) is 22.8 Å². The molecule has 1 aliphatic carbocycles. The standard InChI is InChI=1S/C34H32N2O3/c1-5-34(3,4)29(37)20-22-12-16-24(17-13-22)36-28-19-18-27(35-23-14-10-21(2)11-15-23)30-31(28)33(39)26-9-7-6-8-25(26)32(30)38/h6-19,35-36H,5,20H2,1-4H3. The number of nitrogens with one attached hydrogen (secondary N) is 2. The predicted molar refractivity (Wildman–Crippen MR) is 157 cm³/mol. The lowest BCUT2D eigenvalue weighted by Crippen LogP contribution is -2.25. The predicted octanol–water partition coefficient (Wildman–Crippen LogP) is 7.81. The Morgan fingerprint density at radius 2 is 1.15 bits per heavy atom. The maximum Gasteiger partial charge on any atom is 0.196 e. The summed E-state index contributed by atoms with van der Waals surface area (Å²) in [6, 6.07) is 26.1. The van der Waals surface area contributed by atoms with Gasteiger partial charge >= 0.3 is 0 Å². The van der Waals surface area contributed by atoms with E-state index >= 15 is 0 Å². The molecule has 0 unspecified atom stereocenters. The molecular weight excluding hydrogens is 484 g/mol. The van der Waals surface area contributed by atoms with Crippen molar-refractivity contribution in [3.63, 3.8) is 0 Å². The van der Waals surface area contributed by atoms with Gasteiger partial charge in [0.15, 0.2) is 11.6 Å². The van der Waals surface area contributed by atoms with Gasteiger partial charge in [0.2, 0.25) is 0 Å². The number of carbonyl (C=O) groups excluding carboxylic acids is 3. The Bertz CT molecular complexity index is 1580. The van der Waals surface area contributed by atoms with E-state index in [0.29, 0.717) is 40.0 Å². The topological polar surface area (TPSA) is 75.3 Å². The summed E-state index contributed by atoms with van der Waals surface area (Å²) in [6.45, 7) is 7.99. The van der Waals surface area contributed by atoms with Crippen LogP contribution in [0.15, 0.2) is 84.9 Å². The van der Waals surface area contributed by atoms with Crippen LogP contribution in [0.25, 0.3) is 0 Å². The largest absolute Gasteiger partial charge is 0.355 e. The summed E-state index contributed by atoms with van der Waals surface area (Å²) >= 11 is 0. The van der Waals surface area contributed by atoms with Gasteiger partial charge in [-0.05, 0) is 55.3 Å². The van der Waals surface area contributed by atoms with Crippen LogP contribution >= 0.6 is 0 Å². The minimum absolute atomic E-state index is 0.189. The third kappa shape index (κ3) is 5.13. The number of hydrogen-bond donors (Lipinski definition) is 2. The molecule has 0 bridgehead atoms. The minimum Gasteiger partial charge on any atom is -0.355 e. The van der Waals surface area contributed by atoms with Crippen molar-refractivity contribution in [3.05, 3.63) is 118 Å². The van der Waals surface area contributed by atoms with Gasteiger partial charge in [0.25, 0.3) is 0 Å². The van der Waals surface area contributed by atoms with Crippen molar-refractivity contribution in [2.75, 3.05) is 10.6 Å². The average molecular weight is 517 g/mol. The molecule has 0 aromatic heterocycles. The molecule has 0 spiro atoms. The van der Waals surface area contributed by atoms with Crippen molar-refractivity contribution < 1.29 is 14.4 Å². The van der Waals surface area contributed by atoms with Gasteiger partial charge < -0.3 is 10.6 Å². The van der Waals surface area contributed by atoms with Gasteiger partial charge in [-0.15, -0.1) is 0 Å². The van der Waals surface area contributed by atoms with E-state index in [1.54, 1.807) is 24.3 Å². The Balaban J connectivity index is 1.50. The monoisotopic (exact) mass is 516 g/mol. The fourth-order valence-corrected chi connectivity index (χ4v) is 4.71. The summed E-state index contributed by atoms with van der Waals surface area (Å²) in [6.07, 6.45) is 1.17. The molecule has 0 saturated heterocycles. The minimum atomic E-state index is -0.354. The molecule has 1 aliphatic rings. The van der Waals surface area contributed by atoms with E-state index in [1.165, 1.54) is 0 Å². The summed E-state index contributed by atoms with van der Waals surface area (Å²) in [5, 5.41) is 6.69. The summed E-state index contributed by atoms with van der Waals surface area (Å²) < 4.78 is 0. The molecule has 0 aliphatic heterocycles. The number of ketones is 3. The number of anilines is 4. The van der Waals surface area contributed by atoms with Crippen molar-refractivity contribution in [2.24, 2.45) is 5.41 Å². The van der Waals surface area contributed by atoms with Gasteiger partial charge in [0, 0.05) is 34.3 Å². The van der Waals surface area contributed by atoms with E-state index < -0.39 is 0 Å². The smallest absolute Gasteiger partial charge is 0.196 e. The highest BCUT2D eigenvalue weighted by Crippen LogP contribution is 2.38. The third-order valence-corrected chi connectivity index (χ3v) is 7.64. The summed E-state index contributed by atoms with van der Waals surface area (Å²) in [5.41, 5.74) is 5.96. The fourth-order valence-electron chi connectivity index (χ4n) is 4.71. The first kappa shape index (κ1) is 26.1. The Hall–Kier alpha value is -4.51. The van der Waals surface area contributed by atoms with Crippen LogP contribution in [0.4, 0.5) is 22.7 Å². The van der Waals surface area contributed by atoms with E-state index in [2.05, 4.69) is 10.6 Å². The zero-order valence-electron chi connectivity index (χ0n) is 22.7. The quantitative estimate of drug-likeness (QED) is 0.220. The normalized spacial score (nSPS) is 12.5. The first-order valence-corrected chi connectivity index (χ1v) is 13.3. The number of hydrogen-bond acceptors (Lipinski definition) is 5. The SMILES string of the molecule is CCC(C)(C)C(=O)Cc1ccc(Nc2ccc(Nc3ccc(C)cc3)c3c2C(=O)c2ccccc2C3=O)cc1. The van der Waals surface area contributed by atoms with E-state index in [1.807, 2.05) is 88.4 Å². The Kier molecular flexibility index (Phi) is 6.92. The lowest BCUT2D eigenvalue weighted by molar-refractivity contribution is -0.126. The molecule has 0 radical (unpaired) electrons. The summed E-state index contributed by atoms with van der Waals surface area (Å²) in [4.78, 5) is 40.1. The maximum atomic E-state index is 13.8.